The zero-order valence-electron chi connectivity index (χ0n) is 16.0. The molecular weight excluding hydrogens is 356 g/mol. The summed E-state index contributed by atoms with van der Waals surface area (Å²) in [6.07, 6.45) is 0.401. The Labute approximate surface area is 163 Å². The molecule has 144 valence electrons. The molecule has 0 aliphatic rings. The third-order valence-corrected chi connectivity index (χ3v) is 4.20. The van der Waals surface area contributed by atoms with Gasteiger partial charge < -0.3 is 19.9 Å². The van der Waals surface area contributed by atoms with Crippen LogP contribution < -0.4 is 20.5 Å². The molecule has 0 atom stereocenters. The summed E-state index contributed by atoms with van der Waals surface area (Å²) >= 11 is 0. The van der Waals surface area contributed by atoms with Crippen molar-refractivity contribution >= 4 is 17.3 Å². The summed E-state index contributed by atoms with van der Waals surface area (Å²) in [4.78, 5) is 33.5. The Hall–Kier alpha value is -3.61. The first-order chi connectivity index (χ1) is 13.4. The summed E-state index contributed by atoms with van der Waals surface area (Å²) in [5.74, 6) is 0.740. The van der Waals surface area contributed by atoms with E-state index in [1.54, 1.807) is 19.2 Å². The van der Waals surface area contributed by atoms with Gasteiger partial charge in [0.1, 0.15) is 17.3 Å². The molecule has 2 N–H and O–H groups in total. The van der Waals surface area contributed by atoms with Crippen LogP contribution in [-0.4, -0.2) is 37.1 Å². The van der Waals surface area contributed by atoms with Crippen molar-refractivity contribution in [2.24, 2.45) is 0 Å². The number of hydrogen-bond donors (Lipinski definition) is 2. The predicted octanol–water partition coefficient (Wildman–Crippen LogP) is 2.69. The fourth-order valence-corrected chi connectivity index (χ4v) is 2.68. The van der Waals surface area contributed by atoms with Gasteiger partial charge in [0.25, 0.3) is 11.5 Å². The summed E-state index contributed by atoms with van der Waals surface area (Å²) in [6, 6.07) is 16.0. The van der Waals surface area contributed by atoms with E-state index in [-0.39, 0.29) is 11.3 Å². The molecule has 0 aliphatic heterocycles. The van der Waals surface area contributed by atoms with Crippen molar-refractivity contribution in [1.82, 2.24) is 9.97 Å². The van der Waals surface area contributed by atoms with Crippen LogP contribution in [0.25, 0.3) is 0 Å². The van der Waals surface area contributed by atoms with Crippen LogP contribution >= 0.6 is 0 Å². The average Bonchev–Trinajstić information content (AvgIpc) is 2.68. The molecular formula is C21H22N4O3. The minimum Gasteiger partial charge on any atom is -0.497 e. The molecule has 0 radical (unpaired) electrons. The molecule has 28 heavy (non-hydrogen) atoms. The second kappa shape index (κ2) is 8.39. The molecule has 0 aliphatic carbocycles. The molecule has 0 saturated carbocycles. The van der Waals surface area contributed by atoms with Gasteiger partial charge in [-0.25, -0.2) is 4.98 Å². The number of hydrogen-bond acceptors (Lipinski definition) is 5. The van der Waals surface area contributed by atoms with Crippen LogP contribution in [0.3, 0.4) is 0 Å². The lowest BCUT2D eigenvalue weighted by Crippen LogP contribution is -2.20. The summed E-state index contributed by atoms with van der Waals surface area (Å²) < 4.78 is 5.14. The molecule has 1 amide bonds. The first-order valence-electron chi connectivity index (χ1n) is 8.76. The van der Waals surface area contributed by atoms with Crippen molar-refractivity contribution in [1.29, 1.82) is 0 Å². The SMILES string of the molecule is COc1ccc(Cc2nc(C(=O)Nc3ccc(N(C)C)cc3)cc(=O)[nH]2)cc1. The zero-order valence-corrected chi connectivity index (χ0v) is 16.0. The Balaban J connectivity index is 1.76. The van der Waals surface area contributed by atoms with Gasteiger partial charge in [0.15, 0.2) is 0 Å². The van der Waals surface area contributed by atoms with Crippen LogP contribution in [-0.2, 0) is 6.42 Å². The molecule has 0 saturated heterocycles. The highest BCUT2D eigenvalue weighted by atomic mass is 16.5. The number of rotatable bonds is 6. The van der Waals surface area contributed by atoms with Gasteiger partial charge in [-0.05, 0) is 42.0 Å². The topological polar surface area (TPSA) is 87.3 Å². The van der Waals surface area contributed by atoms with Crippen LogP contribution in [0.15, 0.2) is 59.4 Å². The number of nitrogens with one attached hydrogen (secondary N) is 2. The smallest absolute Gasteiger partial charge is 0.274 e. The van der Waals surface area contributed by atoms with Gasteiger partial charge in [0.2, 0.25) is 0 Å². The number of anilines is 2. The lowest BCUT2D eigenvalue weighted by molar-refractivity contribution is 0.102. The Morgan fingerprint density at radius 2 is 1.79 bits per heavy atom. The predicted molar refractivity (Wildman–Crippen MR) is 109 cm³/mol. The molecule has 0 bridgehead atoms. The number of aromatic amines is 1. The number of methoxy groups -OCH3 is 1. The Morgan fingerprint density at radius 1 is 1.11 bits per heavy atom. The molecule has 3 aromatic rings. The van der Waals surface area contributed by atoms with E-state index >= 15 is 0 Å². The van der Waals surface area contributed by atoms with E-state index in [0.717, 1.165) is 17.0 Å². The van der Waals surface area contributed by atoms with E-state index in [2.05, 4.69) is 15.3 Å². The standard InChI is InChI=1S/C21H22N4O3/c1-25(2)16-8-6-15(7-9-16)22-21(27)18-13-20(26)24-19(23-18)12-14-4-10-17(28-3)11-5-14/h4-11,13H,12H2,1-3H3,(H,22,27)(H,23,24,26). The maximum Gasteiger partial charge on any atom is 0.274 e. The molecule has 1 aromatic heterocycles. The molecule has 7 heteroatoms. The number of ether oxygens (including phenoxy) is 1. The highest BCUT2D eigenvalue weighted by molar-refractivity contribution is 6.02. The van der Waals surface area contributed by atoms with Crippen molar-refractivity contribution in [3.05, 3.63) is 82.0 Å². The summed E-state index contributed by atoms with van der Waals surface area (Å²) in [5.41, 5.74) is 2.31. The highest BCUT2D eigenvalue weighted by Gasteiger charge is 2.11. The third kappa shape index (κ3) is 4.76. The first kappa shape index (κ1) is 19.2. The normalized spacial score (nSPS) is 10.4. The summed E-state index contributed by atoms with van der Waals surface area (Å²) in [6.45, 7) is 0. The van der Waals surface area contributed by atoms with E-state index in [4.69, 9.17) is 4.74 Å². The molecule has 0 unspecified atom stereocenters. The highest BCUT2D eigenvalue weighted by Crippen LogP contribution is 2.16. The Bertz CT molecular complexity index is 1010. The number of carbonyl (C=O) groups is 1. The van der Waals surface area contributed by atoms with E-state index in [1.165, 1.54) is 6.07 Å². The number of amides is 1. The third-order valence-electron chi connectivity index (χ3n) is 4.20. The molecule has 2 aromatic carbocycles. The second-order valence-electron chi connectivity index (χ2n) is 6.50. The minimum atomic E-state index is -0.431. The summed E-state index contributed by atoms with van der Waals surface area (Å²) in [5, 5.41) is 2.77. The number of benzene rings is 2. The van der Waals surface area contributed by atoms with Crippen LogP contribution in [0, 0.1) is 0 Å². The van der Waals surface area contributed by atoms with Crippen LogP contribution in [0.1, 0.15) is 21.9 Å². The average molecular weight is 378 g/mol. The van der Waals surface area contributed by atoms with Crippen molar-refractivity contribution in [2.45, 2.75) is 6.42 Å². The lowest BCUT2D eigenvalue weighted by Gasteiger charge is -2.13. The fraction of sp³-hybridized carbons (Fsp3) is 0.190. The van der Waals surface area contributed by atoms with Crippen LogP contribution in [0.5, 0.6) is 5.75 Å². The Morgan fingerprint density at radius 3 is 2.39 bits per heavy atom. The minimum absolute atomic E-state index is 0.0731. The Kier molecular flexibility index (Phi) is 5.74. The second-order valence-corrected chi connectivity index (χ2v) is 6.50. The van der Waals surface area contributed by atoms with Crippen molar-refractivity contribution in [3.63, 3.8) is 0 Å². The zero-order chi connectivity index (χ0) is 20.1. The summed E-state index contributed by atoms with van der Waals surface area (Å²) in [7, 11) is 5.49. The van der Waals surface area contributed by atoms with E-state index in [9.17, 15) is 9.59 Å². The largest absolute Gasteiger partial charge is 0.497 e. The van der Waals surface area contributed by atoms with Crippen LogP contribution in [0.4, 0.5) is 11.4 Å². The monoisotopic (exact) mass is 378 g/mol. The molecule has 1 heterocycles. The molecule has 0 spiro atoms. The molecule has 7 nitrogen and oxygen atoms in total. The van der Waals surface area contributed by atoms with Gasteiger partial charge in [0.05, 0.1) is 7.11 Å². The van der Waals surface area contributed by atoms with E-state index < -0.39 is 5.91 Å². The molecule has 3 rings (SSSR count). The van der Waals surface area contributed by atoms with Gasteiger partial charge in [-0.1, -0.05) is 12.1 Å². The maximum absolute atomic E-state index is 12.5. The number of nitrogens with zero attached hydrogens (tertiary/aromatic N) is 2. The number of carbonyl (C=O) groups excluding carboxylic acids is 1. The van der Waals surface area contributed by atoms with E-state index in [0.29, 0.717) is 17.9 Å². The fourth-order valence-electron chi connectivity index (χ4n) is 2.68. The quantitative estimate of drug-likeness (QED) is 0.689. The van der Waals surface area contributed by atoms with Gasteiger partial charge in [-0.3, -0.25) is 9.59 Å². The van der Waals surface area contributed by atoms with Crippen molar-refractivity contribution < 1.29 is 9.53 Å². The van der Waals surface area contributed by atoms with E-state index in [1.807, 2.05) is 55.4 Å². The van der Waals surface area contributed by atoms with Gasteiger partial charge >= 0.3 is 0 Å². The van der Waals surface area contributed by atoms with Gasteiger partial charge in [-0.2, -0.15) is 0 Å². The van der Waals surface area contributed by atoms with Crippen molar-refractivity contribution in [2.75, 3.05) is 31.4 Å². The number of aromatic nitrogens is 2. The lowest BCUT2D eigenvalue weighted by atomic mass is 10.1. The first-order valence-corrected chi connectivity index (χ1v) is 8.76. The van der Waals surface area contributed by atoms with Gasteiger partial charge in [-0.15, -0.1) is 0 Å². The van der Waals surface area contributed by atoms with Gasteiger partial charge in [0, 0.05) is 38.0 Å². The van der Waals surface area contributed by atoms with Crippen LogP contribution in [0.2, 0.25) is 0 Å². The molecule has 0 fully saturated rings. The van der Waals surface area contributed by atoms with Crippen molar-refractivity contribution in [3.8, 4) is 5.75 Å². The number of H-pyrrole nitrogens is 1. The maximum atomic E-state index is 12.5.